The first-order valence-electron chi connectivity index (χ1n) is 4.77. The maximum Gasteiger partial charge on any atom is 0.180 e. The largest absolute Gasteiger partial charge is 1.00 e. The lowest BCUT2D eigenvalue weighted by Crippen LogP contribution is -3.05. The van der Waals surface area contributed by atoms with Crippen LogP contribution in [-0.2, 0) is 0 Å². The molecule has 1 aromatic rings. The fraction of sp³-hybridized carbons (Fsp3) is 0.600. The van der Waals surface area contributed by atoms with Gasteiger partial charge in [0.15, 0.2) is 5.78 Å². The van der Waals surface area contributed by atoms with Crippen LogP contribution < -0.4 is 17.3 Å². The number of aromatic nitrogens is 1. The monoisotopic (exact) mass is 248 g/mol. The smallest absolute Gasteiger partial charge is 0.180 e. The second kappa shape index (κ2) is 6.20. The van der Waals surface area contributed by atoms with Crippen molar-refractivity contribution >= 4 is 17.1 Å². The summed E-state index contributed by atoms with van der Waals surface area (Å²) >= 11 is 1.50. The highest BCUT2D eigenvalue weighted by atomic mass is 35.5. The Bertz CT molecular complexity index is 336. The molecular weight excluding hydrogens is 232 g/mol. The number of nitrogens with one attached hydrogen (secondary N) is 1. The molecule has 86 valence electrons. The summed E-state index contributed by atoms with van der Waals surface area (Å²) in [5.41, 5.74) is 0.881. The van der Waals surface area contributed by atoms with Crippen LogP contribution in [0.1, 0.15) is 26.8 Å². The van der Waals surface area contributed by atoms with Crippen LogP contribution in [0.4, 0.5) is 0 Å². The standard InChI is InChI=1S/C10H16N2OS.ClH/c1-7-10(14-8(2)11-7)9(13)5-6-12(3)4;/h5-6H2,1-4H3;1H. The first-order valence-corrected chi connectivity index (χ1v) is 5.58. The molecule has 0 spiro atoms. The highest BCUT2D eigenvalue weighted by molar-refractivity contribution is 7.13. The number of halogens is 1. The van der Waals surface area contributed by atoms with E-state index in [0.717, 1.165) is 22.1 Å². The summed E-state index contributed by atoms with van der Waals surface area (Å²) in [6.45, 7) is 4.72. The number of quaternary nitrogens is 1. The van der Waals surface area contributed by atoms with Gasteiger partial charge in [0.05, 0.1) is 42.6 Å². The van der Waals surface area contributed by atoms with Crippen LogP contribution in [0.2, 0.25) is 0 Å². The predicted octanol–water partition coefficient (Wildman–Crippen LogP) is -2.52. The molecule has 0 radical (unpaired) electrons. The molecule has 0 unspecified atom stereocenters. The van der Waals surface area contributed by atoms with Crippen molar-refractivity contribution in [1.82, 2.24) is 4.98 Å². The van der Waals surface area contributed by atoms with Crippen LogP contribution in [0, 0.1) is 13.8 Å². The first-order chi connectivity index (χ1) is 6.50. The SMILES string of the molecule is Cc1nc(C)c(C(=O)CC[NH+](C)C)s1.[Cl-]. The zero-order valence-electron chi connectivity index (χ0n) is 9.56. The van der Waals surface area contributed by atoms with Crippen molar-refractivity contribution in [2.45, 2.75) is 20.3 Å². The lowest BCUT2D eigenvalue weighted by molar-refractivity contribution is -0.857. The summed E-state index contributed by atoms with van der Waals surface area (Å²) in [7, 11) is 4.11. The number of hydrogen-bond acceptors (Lipinski definition) is 3. The fourth-order valence-electron chi connectivity index (χ4n) is 1.27. The van der Waals surface area contributed by atoms with E-state index in [0.29, 0.717) is 6.42 Å². The molecule has 0 aliphatic heterocycles. The third-order valence-electron chi connectivity index (χ3n) is 2.01. The quantitative estimate of drug-likeness (QED) is 0.597. The van der Waals surface area contributed by atoms with E-state index < -0.39 is 0 Å². The van der Waals surface area contributed by atoms with Gasteiger partial charge in [0, 0.05) is 0 Å². The third-order valence-corrected chi connectivity index (χ3v) is 3.12. The summed E-state index contributed by atoms with van der Waals surface area (Å²) in [6.07, 6.45) is 0.616. The maximum absolute atomic E-state index is 11.7. The number of carbonyl (C=O) groups excluding carboxylic acids is 1. The summed E-state index contributed by atoms with van der Waals surface area (Å²) in [5.74, 6) is 0.231. The Kier molecular flexibility index (Phi) is 6.02. The second-order valence-electron chi connectivity index (χ2n) is 3.78. The van der Waals surface area contributed by atoms with Crippen LogP contribution in [0.3, 0.4) is 0 Å². The highest BCUT2D eigenvalue weighted by Crippen LogP contribution is 2.18. The normalized spacial score (nSPS) is 10.2. The minimum absolute atomic E-state index is 0. The number of thiazole rings is 1. The van der Waals surface area contributed by atoms with Crippen LogP contribution in [0.15, 0.2) is 0 Å². The average molecular weight is 249 g/mol. The van der Waals surface area contributed by atoms with Gasteiger partial charge in [-0.1, -0.05) is 0 Å². The molecule has 1 N–H and O–H groups in total. The van der Waals surface area contributed by atoms with E-state index >= 15 is 0 Å². The molecule has 5 heteroatoms. The topological polar surface area (TPSA) is 34.4 Å². The lowest BCUT2D eigenvalue weighted by atomic mass is 10.2. The van der Waals surface area contributed by atoms with Crippen LogP contribution in [0.25, 0.3) is 0 Å². The Hall–Kier alpha value is -0.450. The van der Waals surface area contributed by atoms with Crippen LogP contribution in [0.5, 0.6) is 0 Å². The molecular formula is C10H17ClN2OS. The van der Waals surface area contributed by atoms with E-state index in [4.69, 9.17) is 0 Å². The number of hydrogen-bond donors (Lipinski definition) is 1. The van der Waals surface area contributed by atoms with Crippen LogP contribution in [-0.4, -0.2) is 31.4 Å². The zero-order chi connectivity index (χ0) is 10.7. The molecule has 15 heavy (non-hydrogen) atoms. The van der Waals surface area contributed by atoms with E-state index in [1.54, 1.807) is 0 Å². The highest BCUT2D eigenvalue weighted by Gasteiger charge is 2.14. The summed E-state index contributed by atoms with van der Waals surface area (Å²) < 4.78 is 0. The molecule has 0 bridgehead atoms. The molecule has 0 amide bonds. The van der Waals surface area contributed by atoms with Gasteiger partial charge >= 0.3 is 0 Å². The minimum atomic E-state index is 0. The van der Waals surface area contributed by atoms with Gasteiger partial charge < -0.3 is 17.3 Å². The Morgan fingerprint density at radius 3 is 2.40 bits per heavy atom. The van der Waals surface area contributed by atoms with E-state index in [1.807, 2.05) is 13.8 Å². The molecule has 0 saturated carbocycles. The van der Waals surface area contributed by atoms with Crippen LogP contribution >= 0.6 is 11.3 Å². The second-order valence-corrected chi connectivity index (χ2v) is 4.98. The molecule has 0 aliphatic carbocycles. The number of rotatable bonds is 4. The third kappa shape index (κ3) is 4.28. The zero-order valence-corrected chi connectivity index (χ0v) is 11.1. The minimum Gasteiger partial charge on any atom is -1.00 e. The molecule has 0 aromatic carbocycles. The summed E-state index contributed by atoms with van der Waals surface area (Å²) in [5, 5.41) is 0.975. The lowest BCUT2D eigenvalue weighted by Gasteiger charge is -2.05. The van der Waals surface area contributed by atoms with Crippen molar-refractivity contribution in [3.8, 4) is 0 Å². The number of ketones is 1. The molecule has 0 saturated heterocycles. The van der Waals surface area contributed by atoms with Gasteiger partial charge in [-0.05, 0) is 13.8 Å². The van der Waals surface area contributed by atoms with Gasteiger partial charge in [0.1, 0.15) is 0 Å². The molecule has 0 fully saturated rings. The van der Waals surface area contributed by atoms with E-state index in [2.05, 4.69) is 19.1 Å². The van der Waals surface area contributed by atoms with Crippen molar-refractivity contribution in [3.63, 3.8) is 0 Å². The van der Waals surface area contributed by atoms with Gasteiger partial charge in [-0.2, -0.15) is 0 Å². The van der Waals surface area contributed by atoms with Crippen molar-refractivity contribution in [2.24, 2.45) is 0 Å². The molecule has 0 atom stereocenters. The van der Waals surface area contributed by atoms with Crippen molar-refractivity contribution in [2.75, 3.05) is 20.6 Å². The van der Waals surface area contributed by atoms with Gasteiger partial charge in [-0.25, -0.2) is 4.98 Å². The van der Waals surface area contributed by atoms with E-state index in [-0.39, 0.29) is 18.2 Å². The van der Waals surface area contributed by atoms with Gasteiger partial charge in [0.25, 0.3) is 0 Å². The molecule has 0 aliphatic rings. The van der Waals surface area contributed by atoms with E-state index in [1.165, 1.54) is 16.2 Å². The molecule has 1 aromatic heterocycles. The maximum atomic E-state index is 11.7. The average Bonchev–Trinajstić information content (AvgIpc) is 2.41. The van der Waals surface area contributed by atoms with Gasteiger partial charge in [-0.3, -0.25) is 4.79 Å². The number of nitrogens with zero attached hydrogens (tertiary/aromatic N) is 1. The Morgan fingerprint density at radius 1 is 1.40 bits per heavy atom. The van der Waals surface area contributed by atoms with Gasteiger partial charge in [-0.15, -0.1) is 11.3 Å². The summed E-state index contributed by atoms with van der Waals surface area (Å²) in [6, 6.07) is 0. The van der Waals surface area contributed by atoms with Crippen molar-refractivity contribution in [1.29, 1.82) is 0 Å². The Morgan fingerprint density at radius 2 is 2.00 bits per heavy atom. The van der Waals surface area contributed by atoms with E-state index in [9.17, 15) is 4.79 Å². The predicted molar refractivity (Wildman–Crippen MR) is 58.2 cm³/mol. The summed E-state index contributed by atoms with van der Waals surface area (Å²) in [4.78, 5) is 18.1. The Balaban J connectivity index is 0.00000196. The molecule has 1 rings (SSSR count). The van der Waals surface area contributed by atoms with Gasteiger partial charge in [0.2, 0.25) is 0 Å². The van der Waals surface area contributed by atoms with Crippen molar-refractivity contribution < 1.29 is 22.1 Å². The fourth-order valence-corrected chi connectivity index (χ4v) is 2.15. The Labute approximate surface area is 101 Å². The molecule has 1 heterocycles. The molecule has 3 nitrogen and oxygen atoms in total. The number of Topliss-reactive ketones (excluding diaryl/α,β-unsaturated/α-hetero) is 1. The number of aryl methyl sites for hydroxylation is 2. The van der Waals surface area contributed by atoms with Crippen molar-refractivity contribution in [3.05, 3.63) is 15.6 Å². The number of carbonyl (C=O) groups is 1. The first kappa shape index (κ1) is 14.5.